The molecule has 0 saturated carbocycles. The van der Waals surface area contributed by atoms with Crippen LogP contribution >= 0.6 is 0 Å². The van der Waals surface area contributed by atoms with Crippen molar-refractivity contribution in [2.75, 3.05) is 0 Å². The summed E-state index contributed by atoms with van der Waals surface area (Å²) in [6.07, 6.45) is 29.6. The predicted octanol–water partition coefficient (Wildman–Crippen LogP) is 8.09. The molecule has 0 atom stereocenters. The van der Waals surface area contributed by atoms with E-state index in [1.807, 2.05) is 0 Å². The zero-order valence-corrected chi connectivity index (χ0v) is 19.7. The Morgan fingerprint density at radius 1 is 0.633 bits per heavy atom. The lowest BCUT2D eigenvalue weighted by atomic mass is 10.0. The molecule has 2 heteroatoms. The van der Waals surface area contributed by atoms with Crippen molar-refractivity contribution in [3.8, 4) is 0 Å². The zero-order valence-electron chi connectivity index (χ0n) is 19.7. The standard InChI is InChI=1S/C28H47N2/c1-2-3-4-5-6-7-8-9-10-11-12-13-14-15-16-20-23-29-24-25-30(27-29)26-28-21-18-17-19-22-28/h17-19,21-22,24-25,27H,2-16,20,23,26H2,1H3/q+1. The molecule has 30 heavy (non-hydrogen) atoms. The minimum Gasteiger partial charge on any atom is -0.237 e. The normalized spacial score (nSPS) is 11.2. The Kier molecular flexibility index (Phi) is 14.1. The highest BCUT2D eigenvalue weighted by Gasteiger charge is 2.04. The number of nitrogens with zero attached hydrogens (tertiary/aromatic N) is 2. The van der Waals surface area contributed by atoms with Crippen LogP contribution in [0.4, 0.5) is 0 Å². The molecule has 0 fully saturated rings. The highest BCUT2D eigenvalue weighted by Crippen LogP contribution is 2.13. The monoisotopic (exact) mass is 411 g/mol. The van der Waals surface area contributed by atoms with Gasteiger partial charge in [-0.15, -0.1) is 0 Å². The van der Waals surface area contributed by atoms with E-state index in [1.165, 1.54) is 108 Å². The molecule has 1 aromatic carbocycles. The van der Waals surface area contributed by atoms with Crippen molar-refractivity contribution in [3.63, 3.8) is 0 Å². The summed E-state index contributed by atoms with van der Waals surface area (Å²) in [4.78, 5) is 0. The van der Waals surface area contributed by atoms with E-state index in [1.54, 1.807) is 0 Å². The van der Waals surface area contributed by atoms with Gasteiger partial charge in [0.05, 0.1) is 6.54 Å². The maximum atomic E-state index is 2.34. The molecule has 0 N–H and O–H groups in total. The summed E-state index contributed by atoms with van der Waals surface area (Å²) in [5, 5.41) is 0. The molecule has 1 heterocycles. The number of rotatable bonds is 19. The summed E-state index contributed by atoms with van der Waals surface area (Å²) in [5.74, 6) is 0. The van der Waals surface area contributed by atoms with E-state index < -0.39 is 0 Å². The van der Waals surface area contributed by atoms with Crippen LogP contribution in [0.25, 0.3) is 0 Å². The van der Waals surface area contributed by atoms with E-state index in [9.17, 15) is 0 Å². The summed E-state index contributed by atoms with van der Waals surface area (Å²) in [6, 6.07) is 10.7. The summed E-state index contributed by atoms with van der Waals surface area (Å²) in [7, 11) is 0. The number of hydrogen-bond donors (Lipinski definition) is 0. The first-order valence-electron chi connectivity index (χ1n) is 13.0. The van der Waals surface area contributed by atoms with Gasteiger partial charge in [-0.1, -0.05) is 127 Å². The van der Waals surface area contributed by atoms with Gasteiger partial charge < -0.3 is 0 Å². The van der Waals surface area contributed by atoms with Crippen LogP contribution in [-0.2, 0) is 13.1 Å². The average Bonchev–Trinajstić information content (AvgIpc) is 3.21. The lowest BCUT2D eigenvalue weighted by molar-refractivity contribution is -0.687. The fourth-order valence-corrected chi connectivity index (χ4v) is 4.30. The van der Waals surface area contributed by atoms with Gasteiger partial charge in [-0.05, 0) is 18.4 Å². The minimum absolute atomic E-state index is 0.965. The van der Waals surface area contributed by atoms with Crippen LogP contribution in [0.3, 0.4) is 0 Å². The first kappa shape index (κ1) is 24.7. The summed E-state index contributed by atoms with van der Waals surface area (Å²) in [5.41, 5.74) is 1.36. The summed E-state index contributed by atoms with van der Waals surface area (Å²) < 4.78 is 4.62. The van der Waals surface area contributed by atoms with Gasteiger partial charge in [0.2, 0.25) is 6.33 Å². The first-order valence-corrected chi connectivity index (χ1v) is 13.0. The van der Waals surface area contributed by atoms with Gasteiger partial charge in [-0.25, -0.2) is 9.13 Å². The third-order valence-corrected chi connectivity index (χ3v) is 6.22. The molecule has 2 aromatic rings. The van der Waals surface area contributed by atoms with Gasteiger partial charge in [0.1, 0.15) is 18.9 Å². The number of unbranched alkanes of at least 4 members (excludes halogenated alkanes) is 15. The molecule has 0 amide bonds. The van der Waals surface area contributed by atoms with Crippen LogP contribution in [0.15, 0.2) is 49.1 Å². The first-order chi connectivity index (χ1) is 14.9. The zero-order chi connectivity index (χ0) is 21.1. The number of benzene rings is 1. The largest absolute Gasteiger partial charge is 0.244 e. The van der Waals surface area contributed by atoms with Crippen molar-refractivity contribution in [1.29, 1.82) is 0 Å². The molecule has 0 bridgehead atoms. The average molecular weight is 412 g/mol. The van der Waals surface area contributed by atoms with E-state index in [4.69, 9.17) is 0 Å². The fraction of sp³-hybridized carbons (Fsp3) is 0.679. The molecule has 0 spiro atoms. The molecular formula is C28H47N2+. The number of hydrogen-bond acceptors (Lipinski definition) is 0. The van der Waals surface area contributed by atoms with Crippen LogP contribution in [0, 0.1) is 0 Å². The predicted molar refractivity (Wildman–Crippen MR) is 130 cm³/mol. The lowest BCUT2D eigenvalue weighted by Crippen LogP contribution is -2.31. The maximum Gasteiger partial charge on any atom is 0.244 e. The van der Waals surface area contributed by atoms with E-state index in [-0.39, 0.29) is 0 Å². The number of aryl methyl sites for hydroxylation is 1. The van der Waals surface area contributed by atoms with E-state index in [2.05, 4.69) is 65.1 Å². The summed E-state index contributed by atoms with van der Waals surface area (Å²) >= 11 is 0. The molecule has 0 aliphatic heterocycles. The van der Waals surface area contributed by atoms with Crippen LogP contribution < -0.4 is 4.57 Å². The minimum atomic E-state index is 0.965. The SMILES string of the molecule is CCCCCCCCCCCCCCCCCCn1cc[n+](Cc2ccccc2)c1. The third kappa shape index (κ3) is 12.2. The molecule has 0 aliphatic rings. The van der Waals surface area contributed by atoms with Gasteiger partial charge in [-0.3, -0.25) is 0 Å². The van der Waals surface area contributed by atoms with Crippen molar-refractivity contribution >= 4 is 0 Å². The molecule has 0 saturated heterocycles. The quantitative estimate of drug-likeness (QED) is 0.163. The van der Waals surface area contributed by atoms with Crippen molar-refractivity contribution < 1.29 is 4.57 Å². The second kappa shape index (κ2) is 17.1. The Morgan fingerprint density at radius 2 is 1.13 bits per heavy atom. The maximum absolute atomic E-state index is 2.34. The van der Waals surface area contributed by atoms with Crippen molar-refractivity contribution in [1.82, 2.24) is 4.57 Å². The van der Waals surface area contributed by atoms with Crippen molar-refractivity contribution in [2.45, 2.75) is 123 Å². The van der Waals surface area contributed by atoms with Gasteiger partial charge in [0, 0.05) is 0 Å². The van der Waals surface area contributed by atoms with Gasteiger partial charge in [0.25, 0.3) is 0 Å². The molecule has 168 valence electrons. The molecule has 0 unspecified atom stereocenters. The number of imidazole rings is 1. The van der Waals surface area contributed by atoms with Crippen LogP contribution in [-0.4, -0.2) is 4.57 Å². The lowest BCUT2D eigenvalue weighted by Gasteiger charge is -2.03. The van der Waals surface area contributed by atoms with Gasteiger partial charge >= 0.3 is 0 Å². The van der Waals surface area contributed by atoms with Crippen LogP contribution in [0.5, 0.6) is 0 Å². The Bertz CT molecular complexity index is 617. The van der Waals surface area contributed by atoms with E-state index in [0.29, 0.717) is 0 Å². The number of aromatic nitrogens is 2. The van der Waals surface area contributed by atoms with Crippen molar-refractivity contribution in [3.05, 3.63) is 54.6 Å². The van der Waals surface area contributed by atoms with Crippen LogP contribution in [0.2, 0.25) is 0 Å². The fourth-order valence-electron chi connectivity index (χ4n) is 4.30. The van der Waals surface area contributed by atoms with Gasteiger partial charge in [-0.2, -0.15) is 0 Å². The van der Waals surface area contributed by atoms with E-state index in [0.717, 1.165) is 13.1 Å². The third-order valence-electron chi connectivity index (χ3n) is 6.22. The second-order valence-electron chi connectivity index (χ2n) is 9.11. The molecule has 0 aliphatic carbocycles. The van der Waals surface area contributed by atoms with Crippen molar-refractivity contribution in [2.24, 2.45) is 0 Å². The Hall–Kier alpha value is -1.57. The van der Waals surface area contributed by atoms with Crippen LogP contribution in [0.1, 0.15) is 115 Å². The molecular weight excluding hydrogens is 364 g/mol. The van der Waals surface area contributed by atoms with Gasteiger partial charge in [0.15, 0.2) is 0 Å². The Balaban J connectivity index is 1.34. The molecule has 1 aromatic heterocycles. The Morgan fingerprint density at radius 3 is 1.67 bits per heavy atom. The highest BCUT2D eigenvalue weighted by molar-refractivity contribution is 5.13. The topological polar surface area (TPSA) is 8.81 Å². The highest BCUT2D eigenvalue weighted by atomic mass is 15.1. The molecule has 0 radical (unpaired) electrons. The summed E-state index contributed by atoms with van der Waals surface area (Å²) in [6.45, 7) is 4.42. The molecule has 2 nitrogen and oxygen atoms in total. The Labute approximate surface area is 186 Å². The molecule has 2 rings (SSSR count). The smallest absolute Gasteiger partial charge is 0.237 e. The second-order valence-corrected chi connectivity index (χ2v) is 9.11. The van der Waals surface area contributed by atoms with E-state index >= 15 is 0 Å².